The summed E-state index contributed by atoms with van der Waals surface area (Å²) in [5, 5.41) is 0. The van der Waals surface area contributed by atoms with Crippen LogP contribution >= 0.6 is 27.5 Å². The lowest BCUT2D eigenvalue weighted by molar-refractivity contribution is 0.402. The van der Waals surface area contributed by atoms with Gasteiger partial charge in [0.1, 0.15) is 0 Å². The van der Waals surface area contributed by atoms with Gasteiger partial charge in [-0.15, -0.1) is 0 Å². The second kappa shape index (κ2) is 4.19. The third-order valence-electron chi connectivity index (χ3n) is 3.04. The maximum absolute atomic E-state index is 5.10. The molecule has 1 aromatic heterocycles. The van der Waals surface area contributed by atoms with E-state index in [2.05, 4.69) is 33.3 Å². The van der Waals surface area contributed by atoms with Crippen molar-refractivity contribution in [2.24, 2.45) is 5.92 Å². The minimum atomic E-state index is 0.667. The van der Waals surface area contributed by atoms with Gasteiger partial charge in [0, 0.05) is 15.8 Å². The molecule has 1 aliphatic rings. The Hall–Kier alpha value is -0.0900. The normalized spacial score (nSPS) is 32.1. The molecule has 0 aromatic carbocycles. The Morgan fingerprint density at radius 3 is 2.86 bits per heavy atom. The van der Waals surface area contributed by atoms with Crippen molar-refractivity contribution in [3.8, 4) is 5.88 Å². The highest BCUT2D eigenvalue weighted by molar-refractivity contribution is 9.09. The molecule has 1 aromatic rings. The number of rotatable bonds is 2. The summed E-state index contributed by atoms with van der Waals surface area (Å²) in [5.74, 6) is 2.14. The van der Waals surface area contributed by atoms with Crippen LogP contribution in [0.1, 0.15) is 30.6 Å². The van der Waals surface area contributed by atoms with Crippen molar-refractivity contribution in [2.75, 3.05) is 7.11 Å². The number of methoxy groups -OCH3 is 1. The van der Waals surface area contributed by atoms with E-state index in [1.807, 2.05) is 0 Å². The first-order valence-electron chi connectivity index (χ1n) is 4.87. The van der Waals surface area contributed by atoms with Crippen LogP contribution in [0.25, 0.3) is 0 Å². The van der Waals surface area contributed by atoms with Crippen molar-refractivity contribution < 1.29 is 4.74 Å². The van der Waals surface area contributed by atoms with Gasteiger partial charge in [-0.3, -0.25) is 0 Å². The van der Waals surface area contributed by atoms with Gasteiger partial charge in [-0.05, 0) is 36.2 Å². The molecule has 1 heterocycles. The molecule has 1 aliphatic carbocycles. The summed E-state index contributed by atoms with van der Waals surface area (Å²) >= 11 is 5.30. The highest BCUT2D eigenvalue weighted by atomic mass is 79.9. The zero-order chi connectivity index (χ0) is 10.1. The molecular formula is C10H14BrNOS. The molecular weight excluding hydrogens is 262 g/mol. The van der Waals surface area contributed by atoms with E-state index in [1.165, 1.54) is 17.7 Å². The molecule has 2 nitrogen and oxygen atoms in total. The van der Waals surface area contributed by atoms with Gasteiger partial charge in [0.2, 0.25) is 5.88 Å². The summed E-state index contributed by atoms with van der Waals surface area (Å²) in [7, 11) is 1.67. The Labute approximate surface area is 97.0 Å². The monoisotopic (exact) mass is 275 g/mol. The molecule has 0 amide bonds. The van der Waals surface area contributed by atoms with Crippen LogP contribution in [0.4, 0.5) is 0 Å². The van der Waals surface area contributed by atoms with Crippen LogP contribution in [0.3, 0.4) is 0 Å². The number of aromatic nitrogens is 1. The van der Waals surface area contributed by atoms with Crippen LogP contribution < -0.4 is 4.74 Å². The van der Waals surface area contributed by atoms with Crippen LogP contribution in [-0.4, -0.2) is 16.3 Å². The number of halogens is 1. The molecule has 1 saturated carbocycles. The Bertz CT molecular complexity index is 315. The molecule has 1 fully saturated rings. The fourth-order valence-electron chi connectivity index (χ4n) is 2.06. The van der Waals surface area contributed by atoms with Gasteiger partial charge in [0.25, 0.3) is 0 Å². The molecule has 0 aliphatic heterocycles. The van der Waals surface area contributed by atoms with Crippen LogP contribution in [0.2, 0.25) is 0 Å². The number of hydrogen-bond donors (Lipinski definition) is 0. The van der Waals surface area contributed by atoms with E-state index in [1.54, 1.807) is 18.6 Å². The average Bonchev–Trinajstić information content (AvgIpc) is 2.75. The van der Waals surface area contributed by atoms with Crippen LogP contribution in [0.5, 0.6) is 5.88 Å². The topological polar surface area (TPSA) is 22.1 Å². The number of alkyl halides is 1. The summed E-state index contributed by atoms with van der Waals surface area (Å²) in [5.41, 5.74) is 0. The van der Waals surface area contributed by atoms with Gasteiger partial charge in [-0.2, -0.15) is 4.37 Å². The van der Waals surface area contributed by atoms with E-state index in [-0.39, 0.29) is 0 Å². The maximum Gasteiger partial charge on any atom is 0.225 e. The van der Waals surface area contributed by atoms with E-state index in [0.717, 1.165) is 5.88 Å². The quantitative estimate of drug-likeness (QED) is 0.772. The highest BCUT2D eigenvalue weighted by Gasteiger charge is 2.33. The standard InChI is InChI=1S/C10H14BrNOS/c1-6-7(3-4-8(6)11)9-5-10(13-2)12-14-9/h5-8H,3-4H2,1-2H3. The molecule has 0 radical (unpaired) electrons. The summed E-state index contributed by atoms with van der Waals surface area (Å²) in [6.07, 6.45) is 2.54. The van der Waals surface area contributed by atoms with Gasteiger partial charge >= 0.3 is 0 Å². The molecule has 4 heteroatoms. The Balaban J connectivity index is 2.15. The molecule has 14 heavy (non-hydrogen) atoms. The van der Waals surface area contributed by atoms with Gasteiger partial charge in [-0.1, -0.05) is 22.9 Å². The van der Waals surface area contributed by atoms with E-state index in [4.69, 9.17) is 4.74 Å². The van der Waals surface area contributed by atoms with Crippen molar-refractivity contribution in [1.82, 2.24) is 4.37 Å². The lowest BCUT2D eigenvalue weighted by atomic mass is 9.97. The summed E-state index contributed by atoms with van der Waals surface area (Å²) in [4.78, 5) is 2.04. The average molecular weight is 276 g/mol. The van der Waals surface area contributed by atoms with Gasteiger partial charge in [0.05, 0.1) is 7.11 Å². The number of ether oxygens (including phenoxy) is 1. The van der Waals surface area contributed by atoms with Gasteiger partial charge in [-0.25, -0.2) is 0 Å². The van der Waals surface area contributed by atoms with E-state index < -0.39 is 0 Å². The van der Waals surface area contributed by atoms with Crippen LogP contribution in [0.15, 0.2) is 6.07 Å². The first-order valence-corrected chi connectivity index (χ1v) is 6.56. The number of hydrogen-bond acceptors (Lipinski definition) is 3. The molecule has 0 bridgehead atoms. The third-order valence-corrected chi connectivity index (χ3v) is 5.23. The second-order valence-corrected chi connectivity index (χ2v) is 5.84. The summed E-state index contributed by atoms with van der Waals surface area (Å²) < 4.78 is 9.35. The minimum Gasteiger partial charge on any atom is -0.480 e. The zero-order valence-corrected chi connectivity index (χ0v) is 10.8. The number of nitrogens with zero attached hydrogens (tertiary/aromatic N) is 1. The van der Waals surface area contributed by atoms with Crippen molar-refractivity contribution in [3.63, 3.8) is 0 Å². The van der Waals surface area contributed by atoms with Gasteiger partial charge in [0.15, 0.2) is 0 Å². The Kier molecular flexibility index (Phi) is 3.12. The van der Waals surface area contributed by atoms with Crippen molar-refractivity contribution in [2.45, 2.75) is 30.5 Å². The van der Waals surface area contributed by atoms with Crippen molar-refractivity contribution in [3.05, 3.63) is 10.9 Å². The van der Waals surface area contributed by atoms with E-state index in [0.29, 0.717) is 16.7 Å². The summed E-state index contributed by atoms with van der Waals surface area (Å²) in [6, 6.07) is 2.08. The minimum absolute atomic E-state index is 0.667. The molecule has 78 valence electrons. The van der Waals surface area contributed by atoms with Crippen molar-refractivity contribution in [1.29, 1.82) is 0 Å². The molecule has 3 unspecified atom stereocenters. The third kappa shape index (κ3) is 1.82. The Morgan fingerprint density at radius 1 is 1.57 bits per heavy atom. The molecule has 0 saturated heterocycles. The fourth-order valence-corrected chi connectivity index (χ4v) is 3.64. The smallest absolute Gasteiger partial charge is 0.225 e. The molecule has 0 spiro atoms. The second-order valence-electron chi connectivity index (χ2n) is 3.83. The predicted octanol–water partition coefficient (Wildman–Crippen LogP) is 3.43. The SMILES string of the molecule is COc1cc(C2CCC(Br)C2C)sn1. The van der Waals surface area contributed by atoms with Crippen LogP contribution in [0, 0.1) is 5.92 Å². The first-order chi connectivity index (χ1) is 6.72. The van der Waals surface area contributed by atoms with Crippen molar-refractivity contribution >= 4 is 27.5 Å². The van der Waals surface area contributed by atoms with Crippen LogP contribution in [-0.2, 0) is 0 Å². The zero-order valence-electron chi connectivity index (χ0n) is 8.37. The Morgan fingerprint density at radius 2 is 2.36 bits per heavy atom. The van der Waals surface area contributed by atoms with E-state index >= 15 is 0 Å². The van der Waals surface area contributed by atoms with E-state index in [9.17, 15) is 0 Å². The maximum atomic E-state index is 5.10. The molecule has 3 atom stereocenters. The lowest BCUT2D eigenvalue weighted by Crippen LogP contribution is -2.07. The largest absolute Gasteiger partial charge is 0.480 e. The lowest BCUT2D eigenvalue weighted by Gasteiger charge is -2.14. The predicted molar refractivity (Wildman–Crippen MR) is 62.5 cm³/mol. The highest BCUT2D eigenvalue weighted by Crippen LogP contribution is 2.44. The summed E-state index contributed by atoms with van der Waals surface area (Å²) in [6.45, 7) is 2.31. The first kappa shape index (κ1) is 10.4. The fraction of sp³-hybridized carbons (Fsp3) is 0.700. The van der Waals surface area contributed by atoms with Gasteiger partial charge < -0.3 is 4.74 Å². The molecule has 0 N–H and O–H groups in total. The molecule has 2 rings (SSSR count).